The fourth-order valence-electron chi connectivity index (χ4n) is 4.58. The van der Waals surface area contributed by atoms with E-state index in [1.807, 2.05) is 97.9 Å². The maximum absolute atomic E-state index is 14.0. The summed E-state index contributed by atoms with van der Waals surface area (Å²) in [6.07, 6.45) is -1.24. The number of hydrogen-bond acceptors (Lipinski definition) is 4. The molecule has 7 nitrogen and oxygen atoms in total. The quantitative estimate of drug-likeness (QED) is 0.343. The Morgan fingerprint density at radius 3 is 2.21 bits per heavy atom. The van der Waals surface area contributed by atoms with Gasteiger partial charge in [0.2, 0.25) is 6.17 Å². The topological polar surface area (TPSA) is 90.9 Å². The van der Waals surface area contributed by atoms with Crippen LogP contribution in [0.1, 0.15) is 32.6 Å². The van der Waals surface area contributed by atoms with Gasteiger partial charge in [0.05, 0.1) is 17.9 Å². The minimum atomic E-state index is -1.24. The summed E-state index contributed by atoms with van der Waals surface area (Å²) < 4.78 is 0. The molecule has 0 unspecified atom stereocenters. The number of aryl methyl sites for hydroxylation is 1. The third-order valence-electron chi connectivity index (χ3n) is 6.57. The number of carbonyl (C=O) groups excluding carboxylic acids is 3. The van der Waals surface area contributed by atoms with Crippen LogP contribution in [0.3, 0.4) is 0 Å². The average Bonchev–Trinajstić information content (AvgIpc) is 3.08. The lowest BCUT2D eigenvalue weighted by molar-refractivity contribution is -0.120. The molecule has 3 amide bonds. The van der Waals surface area contributed by atoms with Crippen LogP contribution in [0.25, 0.3) is 0 Å². The fourth-order valence-corrected chi connectivity index (χ4v) is 4.58. The van der Waals surface area contributed by atoms with Gasteiger partial charge in [0.1, 0.15) is 0 Å². The van der Waals surface area contributed by atoms with Gasteiger partial charge < -0.3 is 15.5 Å². The molecule has 2 N–H and O–H groups in total. The first-order valence-corrected chi connectivity index (χ1v) is 12.7. The molecule has 4 aromatic rings. The van der Waals surface area contributed by atoms with Crippen molar-refractivity contribution in [3.63, 3.8) is 0 Å². The molecule has 7 heteroatoms. The number of anilines is 1. The summed E-state index contributed by atoms with van der Waals surface area (Å²) >= 11 is 0. The number of amides is 3. The first-order valence-electron chi connectivity index (χ1n) is 12.7. The lowest BCUT2D eigenvalue weighted by Gasteiger charge is -2.25. The average molecular weight is 517 g/mol. The van der Waals surface area contributed by atoms with E-state index >= 15 is 0 Å². The predicted molar refractivity (Wildman–Crippen MR) is 152 cm³/mol. The number of ketones is 1. The van der Waals surface area contributed by atoms with Gasteiger partial charge in [-0.15, -0.1) is 0 Å². The van der Waals surface area contributed by atoms with E-state index in [1.165, 1.54) is 4.90 Å². The van der Waals surface area contributed by atoms with Crippen LogP contribution in [0.5, 0.6) is 0 Å². The zero-order valence-electron chi connectivity index (χ0n) is 21.5. The maximum Gasteiger partial charge on any atom is 0.317 e. The van der Waals surface area contributed by atoms with Gasteiger partial charge in [0, 0.05) is 23.2 Å². The highest BCUT2D eigenvalue weighted by Crippen LogP contribution is 2.28. The van der Waals surface area contributed by atoms with Crippen molar-refractivity contribution >= 4 is 29.1 Å². The number of para-hydroxylation sites is 1. The van der Waals surface area contributed by atoms with Crippen molar-refractivity contribution in [3.05, 3.63) is 137 Å². The van der Waals surface area contributed by atoms with Crippen molar-refractivity contribution in [3.8, 4) is 0 Å². The summed E-state index contributed by atoms with van der Waals surface area (Å²) in [6, 6.07) is 33.1. The first-order chi connectivity index (χ1) is 19.0. The van der Waals surface area contributed by atoms with E-state index in [2.05, 4.69) is 10.6 Å². The molecule has 39 heavy (non-hydrogen) atoms. The van der Waals surface area contributed by atoms with Crippen molar-refractivity contribution < 1.29 is 14.4 Å². The Morgan fingerprint density at radius 1 is 0.821 bits per heavy atom. The van der Waals surface area contributed by atoms with Crippen molar-refractivity contribution in [2.24, 2.45) is 4.99 Å². The summed E-state index contributed by atoms with van der Waals surface area (Å²) in [7, 11) is 0. The number of Topliss-reactive ketones (excluding diaryl/α,β-unsaturated/α-hetero) is 1. The van der Waals surface area contributed by atoms with E-state index in [-0.39, 0.29) is 12.3 Å². The smallest absolute Gasteiger partial charge is 0.317 e. The summed E-state index contributed by atoms with van der Waals surface area (Å²) in [5, 5.41) is 5.52. The molecule has 5 rings (SSSR count). The van der Waals surface area contributed by atoms with Crippen molar-refractivity contribution in [2.45, 2.75) is 19.6 Å². The summed E-state index contributed by atoms with van der Waals surface area (Å²) in [4.78, 5) is 46.5. The molecule has 4 aromatic carbocycles. The molecule has 1 heterocycles. The highest BCUT2D eigenvalue weighted by molar-refractivity contribution is 6.21. The fraction of sp³-hybridized carbons (Fsp3) is 0.125. The molecule has 0 radical (unpaired) electrons. The molecule has 0 saturated carbocycles. The van der Waals surface area contributed by atoms with Gasteiger partial charge in [0.25, 0.3) is 5.91 Å². The van der Waals surface area contributed by atoms with E-state index in [1.54, 1.807) is 18.2 Å². The molecule has 0 aliphatic carbocycles. The van der Waals surface area contributed by atoms with Gasteiger partial charge in [0.15, 0.2) is 5.78 Å². The number of carbonyl (C=O) groups is 3. The molecular formula is C32H28N4O3. The summed E-state index contributed by atoms with van der Waals surface area (Å²) in [5.74, 6) is -0.697. The second-order valence-electron chi connectivity index (χ2n) is 9.24. The predicted octanol–water partition coefficient (Wildman–Crippen LogP) is 4.89. The number of benzene rings is 4. The SMILES string of the molecule is Cc1ccccc1C(=O)CN1C(=O)[C@@H](NC(=O)NCc2ccccc2)N=C(c2ccccc2)c2ccccc21. The number of rotatable bonds is 7. The highest BCUT2D eigenvalue weighted by atomic mass is 16.2. The third-order valence-corrected chi connectivity index (χ3v) is 6.57. The van der Waals surface area contributed by atoms with E-state index in [0.717, 1.165) is 16.7 Å². The highest BCUT2D eigenvalue weighted by Gasteiger charge is 2.34. The third kappa shape index (κ3) is 5.78. The van der Waals surface area contributed by atoms with E-state index in [9.17, 15) is 14.4 Å². The molecule has 1 atom stereocenters. The molecule has 194 valence electrons. The molecule has 0 fully saturated rings. The molecule has 1 aliphatic heterocycles. The zero-order chi connectivity index (χ0) is 27.2. The Morgan fingerprint density at radius 2 is 1.46 bits per heavy atom. The monoisotopic (exact) mass is 516 g/mol. The van der Waals surface area contributed by atoms with Crippen molar-refractivity contribution in [1.82, 2.24) is 10.6 Å². The Balaban J connectivity index is 1.50. The second-order valence-corrected chi connectivity index (χ2v) is 9.24. The van der Waals surface area contributed by atoms with Crippen LogP contribution in [-0.4, -0.2) is 36.1 Å². The standard InChI is InChI=1S/C32H28N4O3/c1-22-12-8-9-17-25(22)28(37)21-36-27-19-11-10-18-26(27)29(24-15-6-3-7-16-24)34-30(31(36)38)35-32(39)33-20-23-13-4-2-5-14-23/h2-19,30H,20-21H2,1H3,(H2,33,35,39)/t30-/m1/s1. The van der Waals surface area contributed by atoms with Gasteiger partial charge in [-0.3, -0.25) is 9.59 Å². The normalized spacial score (nSPS) is 14.6. The van der Waals surface area contributed by atoms with E-state index in [0.29, 0.717) is 29.1 Å². The van der Waals surface area contributed by atoms with Crippen molar-refractivity contribution in [1.29, 1.82) is 0 Å². The van der Waals surface area contributed by atoms with Crippen LogP contribution in [0.15, 0.2) is 114 Å². The van der Waals surface area contributed by atoms with Crippen LogP contribution in [0.2, 0.25) is 0 Å². The summed E-state index contributed by atoms with van der Waals surface area (Å²) in [6.45, 7) is 1.96. The minimum absolute atomic E-state index is 0.192. The largest absolute Gasteiger partial charge is 0.334 e. The van der Waals surface area contributed by atoms with Gasteiger partial charge >= 0.3 is 6.03 Å². The molecule has 0 aromatic heterocycles. The van der Waals surface area contributed by atoms with E-state index < -0.39 is 18.1 Å². The Bertz CT molecular complexity index is 1530. The first kappa shape index (κ1) is 25.6. The molecule has 0 saturated heterocycles. The Labute approximate surface area is 227 Å². The molecular weight excluding hydrogens is 488 g/mol. The number of nitrogens with zero attached hydrogens (tertiary/aromatic N) is 2. The van der Waals surface area contributed by atoms with Crippen molar-refractivity contribution in [2.75, 3.05) is 11.4 Å². The zero-order valence-corrected chi connectivity index (χ0v) is 21.5. The van der Waals surface area contributed by atoms with E-state index in [4.69, 9.17) is 4.99 Å². The number of hydrogen-bond donors (Lipinski definition) is 2. The van der Waals surface area contributed by atoms with Gasteiger partial charge in [-0.25, -0.2) is 9.79 Å². The molecule has 0 bridgehead atoms. The number of urea groups is 1. The van der Waals surface area contributed by atoms with Crippen LogP contribution < -0.4 is 15.5 Å². The van der Waals surface area contributed by atoms with Crippen LogP contribution in [-0.2, 0) is 11.3 Å². The van der Waals surface area contributed by atoms with Crippen LogP contribution in [0, 0.1) is 6.92 Å². The Hall–Kier alpha value is -5.04. The maximum atomic E-state index is 14.0. The van der Waals surface area contributed by atoms with Crippen LogP contribution >= 0.6 is 0 Å². The summed E-state index contributed by atoms with van der Waals surface area (Å²) in [5.41, 5.74) is 4.89. The number of fused-ring (bicyclic) bond motifs is 1. The van der Waals surface area contributed by atoms with Gasteiger partial charge in [-0.1, -0.05) is 103 Å². The van der Waals surface area contributed by atoms with Crippen LogP contribution in [0.4, 0.5) is 10.5 Å². The lowest BCUT2D eigenvalue weighted by atomic mass is 9.99. The number of benzodiazepines with no additional fused rings is 1. The number of nitrogens with one attached hydrogen (secondary N) is 2. The lowest BCUT2D eigenvalue weighted by Crippen LogP contribution is -2.51. The molecule has 1 aliphatic rings. The second kappa shape index (κ2) is 11.6. The Kier molecular flexibility index (Phi) is 7.59. The molecule has 0 spiro atoms. The van der Waals surface area contributed by atoms with Gasteiger partial charge in [-0.05, 0) is 24.1 Å². The number of aliphatic imine (C=N–C) groups is 1. The van der Waals surface area contributed by atoms with Gasteiger partial charge in [-0.2, -0.15) is 0 Å². The minimum Gasteiger partial charge on any atom is -0.334 e.